The molecule has 1 amide bonds. The Labute approximate surface area is 141 Å². The van der Waals surface area contributed by atoms with Gasteiger partial charge in [0.25, 0.3) is 0 Å². The van der Waals surface area contributed by atoms with Crippen LogP contribution < -0.4 is 4.90 Å². The molecule has 1 heterocycles. The summed E-state index contributed by atoms with van der Waals surface area (Å²) >= 11 is 4.78. The maximum atomic E-state index is 12.0. The quantitative estimate of drug-likeness (QED) is 0.604. The van der Waals surface area contributed by atoms with Gasteiger partial charge < -0.3 is 0 Å². The van der Waals surface area contributed by atoms with E-state index >= 15 is 0 Å². The van der Waals surface area contributed by atoms with Crippen molar-refractivity contribution in [2.75, 3.05) is 10.7 Å². The van der Waals surface area contributed by atoms with Crippen LogP contribution in [0, 0.1) is 0 Å². The summed E-state index contributed by atoms with van der Waals surface area (Å²) < 4.78 is 1.02. The fourth-order valence-electron chi connectivity index (χ4n) is 1.96. The lowest BCUT2D eigenvalue weighted by Crippen LogP contribution is -2.28. The van der Waals surface area contributed by atoms with E-state index in [0.717, 1.165) is 15.7 Å². The number of amides is 1. The molecule has 22 heavy (non-hydrogen) atoms. The van der Waals surface area contributed by atoms with E-state index in [1.807, 2.05) is 54.6 Å². The van der Waals surface area contributed by atoms with Gasteiger partial charge in [0, 0.05) is 4.47 Å². The lowest BCUT2D eigenvalue weighted by molar-refractivity contribution is -0.115. The maximum absolute atomic E-state index is 12.0. The van der Waals surface area contributed by atoms with Crippen LogP contribution in [0.15, 0.2) is 69.3 Å². The molecule has 1 fully saturated rings. The Morgan fingerprint density at radius 2 is 1.82 bits per heavy atom. The van der Waals surface area contributed by atoms with Gasteiger partial charge in [0.2, 0.25) is 5.91 Å². The first-order valence-electron chi connectivity index (χ1n) is 6.61. The third-order valence-corrected chi connectivity index (χ3v) is 4.44. The normalized spacial score (nSPS) is 16.9. The molecule has 3 rings (SSSR count). The predicted octanol–water partition coefficient (Wildman–Crippen LogP) is 3.92. The van der Waals surface area contributed by atoms with Gasteiger partial charge in [0.05, 0.1) is 17.7 Å². The molecule has 0 bridgehead atoms. The Bertz CT molecular complexity index is 729. The number of carbonyl (C=O) groups excluding carboxylic acids is 1. The summed E-state index contributed by atoms with van der Waals surface area (Å²) in [7, 11) is 0. The van der Waals surface area contributed by atoms with E-state index < -0.39 is 0 Å². The highest BCUT2D eigenvalue weighted by Crippen LogP contribution is 2.26. The Balaban J connectivity index is 1.80. The molecule has 2 aromatic rings. The van der Waals surface area contributed by atoms with E-state index in [2.05, 4.69) is 26.1 Å². The molecule has 4 nitrogen and oxygen atoms in total. The van der Waals surface area contributed by atoms with Crippen molar-refractivity contribution in [3.05, 3.63) is 64.6 Å². The standard InChI is InChI=1S/C16H12BrN3OS/c17-13-8-6-12(7-9-13)10-18-19-16-20(15(21)11-22-16)14-4-2-1-3-5-14/h1-10H,11H2/b18-10+,19-16-. The summed E-state index contributed by atoms with van der Waals surface area (Å²) in [6.45, 7) is 0. The summed E-state index contributed by atoms with van der Waals surface area (Å²) in [6.07, 6.45) is 1.67. The van der Waals surface area contributed by atoms with E-state index in [-0.39, 0.29) is 5.91 Å². The zero-order chi connectivity index (χ0) is 15.4. The highest BCUT2D eigenvalue weighted by atomic mass is 79.9. The van der Waals surface area contributed by atoms with E-state index in [9.17, 15) is 4.79 Å². The Kier molecular flexibility index (Phi) is 4.70. The average Bonchev–Trinajstić information content (AvgIpc) is 2.91. The fraction of sp³-hybridized carbons (Fsp3) is 0.0625. The van der Waals surface area contributed by atoms with Gasteiger partial charge in [0.15, 0.2) is 5.17 Å². The first kappa shape index (κ1) is 15.0. The van der Waals surface area contributed by atoms with E-state index in [0.29, 0.717) is 10.9 Å². The molecule has 110 valence electrons. The molecule has 0 radical (unpaired) electrons. The van der Waals surface area contributed by atoms with Gasteiger partial charge in [-0.15, -0.1) is 5.10 Å². The second-order valence-corrected chi connectivity index (χ2v) is 6.39. The number of amidine groups is 1. The van der Waals surface area contributed by atoms with Crippen LogP contribution in [0.1, 0.15) is 5.56 Å². The second kappa shape index (κ2) is 6.89. The number of carbonyl (C=O) groups is 1. The highest BCUT2D eigenvalue weighted by molar-refractivity contribution is 9.10. The molecule has 0 unspecified atom stereocenters. The molecule has 1 aliphatic rings. The van der Waals surface area contributed by atoms with Crippen molar-refractivity contribution in [1.29, 1.82) is 0 Å². The van der Waals surface area contributed by atoms with Crippen molar-refractivity contribution in [1.82, 2.24) is 0 Å². The number of halogens is 1. The lowest BCUT2D eigenvalue weighted by Gasteiger charge is -2.14. The number of benzene rings is 2. The maximum Gasteiger partial charge on any atom is 0.243 e. The lowest BCUT2D eigenvalue weighted by atomic mass is 10.2. The highest BCUT2D eigenvalue weighted by Gasteiger charge is 2.29. The number of thioether (sulfide) groups is 1. The zero-order valence-corrected chi connectivity index (χ0v) is 13.9. The van der Waals surface area contributed by atoms with Crippen molar-refractivity contribution in [3.8, 4) is 0 Å². The largest absolute Gasteiger partial charge is 0.273 e. The third kappa shape index (κ3) is 3.45. The van der Waals surface area contributed by atoms with Gasteiger partial charge in [0.1, 0.15) is 0 Å². The van der Waals surface area contributed by atoms with Crippen molar-refractivity contribution in [2.45, 2.75) is 0 Å². The monoisotopic (exact) mass is 373 g/mol. The molecular weight excluding hydrogens is 362 g/mol. The Hall–Kier alpha value is -1.92. The zero-order valence-electron chi connectivity index (χ0n) is 11.5. The van der Waals surface area contributed by atoms with Gasteiger partial charge in [-0.1, -0.05) is 58.0 Å². The van der Waals surface area contributed by atoms with Crippen LogP contribution in [0.3, 0.4) is 0 Å². The minimum Gasteiger partial charge on any atom is -0.273 e. The number of rotatable bonds is 3. The van der Waals surface area contributed by atoms with Gasteiger partial charge in [-0.05, 0) is 29.8 Å². The molecule has 0 N–H and O–H groups in total. The smallest absolute Gasteiger partial charge is 0.243 e. The number of nitrogens with zero attached hydrogens (tertiary/aromatic N) is 3. The summed E-state index contributed by atoms with van der Waals surface area (Å²) in [6, 6.07) is 17.3. The number of hydrogen-bond acceptors (Lipinski definition) is 4. The first-order valence-corrected chi connectivity index (χ1v) is 8.39. The summed E-state index contributed by atoms with van der Waals surface area (Å²) in [4.78, 5) is 13.6. The van der Waals surface area contributed by atoms with Crippen LogP contribution >= 0.6 is 27.7 Å². The third-order valence-electron chi connectivity index (χ3n) is 3.00. The van der Waals surface area contributed by atoms with Crippen LogP contribution in [0.2, 0.25) is 0 Å². The van der Waals surface area contributed by atoms with E-state index in [1.54, 1.807) is 11.1 Å². The molecule has 0 aromatic heterocycles. The molecule has 1 aliphatic heterocycles. The SMILES string of the molecule is O=C1CS/C(=N\N=C\c2ccc(Br)cc2)N1c1ccccc1. The van der Waals surface area contributed by atoms with Gasteiger partial charge in [-0.25, -0.2) is 0 Å². The summed E-state index contributed by atoms with van der Waals surface area (Å²) in [5.74, 6) is 0.412. The minimum atomic E-state index is 0.0220. The molecule has 1 saturated heterocycles. The van der Waals surface area contributed by atoms with E-state index in [4.69, 9.17) is 0 Å². The van der Waals surface area contributed by atoms with Crippen molar-refractivity contribution >= 4 is 50.7 Å². The van der Waals surface area contributed by atoms with Crippen LogP contribution in [-0.2, 0) is 4.79 Å². The van der Waals surface area contributed by atoms with Crippen molar-refractivity contribution in [2.24, 2.45) is 10.2 Å². The van der Waals surface area contributed by atoms with Crippen LogP contribution in [0.25, 0.3) is 0 Å². The molecule has 0 saturated carbocycles. The van der Waals surface area contributed by atoms with Gasteiger partial charge >= 0.3 is 0 Å². The van der Waals surface area contributed by atoms with Crippen LogP contribution in [0.5, 0.6) is 0 Å². The molecule has 0 aliphatic carbocycles. The second-order valence-electron chi connectivity index (χ2n) is 4.53. The molecular formula is C16H12BrN3OS. The van der Waals surface area contributed by atoms with Crippen molar-refractivity contribution < 1.29 is 4.79 Å². The predicted molar refractivity (Wildman–Crippen MR) is 95.6 cm³/mol. The topological polar surface area (TPSA) is 45.0 Å². The first-order chi connectivity index (χ1) is 10.7. The summed E-state index contributed by atoms with van der Waals surface area (Å²) in [5, 5.41) is 8.89. The number of para-hydroxylation sites is 1. The molecule has 0 atom stereocenters. The minimum absolute atomic E-state index is 0.0220. The summed E-state index contributed by atoms with van der Waals surface area (Å²) in [5.41, 5.74) is 1.77. The fourth-order valence-corrected chi connectivity index (χ4v) is 3.05. The van der Waals surface area contributed by atoms with Gasteiger partial charge in [-0.2, -0.15) is 5.10 Å². The molecule has 6 heteroatoms. The number of anilines is 1. The van der Waals surface area contributed by atoms with E-state index in [1.165, 1.54) is 11.8 Å². The average molecular weight is 374 g/mol. The molecule has 2 aromatic carbocycles. The molecule has 0 spiro atoms. The van der Waals surface area contributed by atoms with Crippen molar-refractivity contribution in [3.63, 3.8) is 0 Å². The number of hydrogen-bond donors (Lipinski definition) is 0. The Morgan fingerprint density at radius 3 is 2.55 bits per heavy atom. The van der Waals surface area contributed by atoms with Crippen LogP contribution in [-0.4, -0.2) is 23.0 Å². The Morgan fingerprint density at radius 1 is 1.09 bits per heavy atom. The van der Waals surface area contributed by atoms with Crippen LogP contribution in [0.4, 0.5) is 5.69 Å². The van der Waals surface area contributed by atoms with Gasteiger partial charge in [-0.3, -0.25) is 9.69 Å².